The van der Waals surface area contributed by atoms with Crippen molar-refractivity contribution in [1.29, 1.82) is 0 Å². The Morgan fingerprint density at radius 1 is 1.60 bits per heavy atom. The zero-order valence-electron chi connectivity index (χ0n) is 14.3. The molecule has 1 fully saturated rings. The summed E-state index contributed by atoms with van der Waals surface area (Å²) in [6, 6.07) is 2.01. The largest absolute Gasteiger partial charge is 0.465 e. The second kappa shape index (κ2) is 7.82. The summed E-state index contributed by atoms with van der Waals surface area (Å²) in [5.74, 6) is 0.608. The van der Waals surface area contributed by atoms with Crippen LogP contribution in [0.5, 0.6) is 0 Å². The van der Waals surface area contributed by atoms with Crippen molar-refractivity contribution >= 4 is 40.1 Å². The maximum atomic E-state index is 11.3. The van der Waals surface area contributed by atoms with Crippen LogP contribution in [-0.4, -0.2) is 64.7 Å². The van der Waals surface area contributed by atoms with Gasteiger partial charge in [-0.3, -0.25) is 0 Å². The van der Waals surface area contributed by atoms with E-state index >= 15 is 0 Å². The number of nitrogens with zero attached hydrogens (tertiary/aromatic N) is 3. The highest BCUT2D eigenvalue weighted by molar-refractivity contribution is 6.17. The first-order valence-corrected chi connectivity index (χ1v) is 9.12. The number of alkyl halides is 1. The van der Waals surface area contributed by atoms with E-state index in [1.54, 1.807) is 7.05 Å². The van der Waals surface area contributed by atoms with Crippen molar-refractivity contribution in [3.05, 3.63) is 18.5 Å². The Balaban J connectivity index is 1.90. The fourth-order valence-corrected chi connectivity index (χ4v) is 3.52. The topological polar surface area (TPSA) is 84.5 Å². The molecule has 2 aromatic heterocycles. The van der Waals surface area contributed by atoms with Gasteiger partial charge in [-0.05, 0) is 25.3 Å². The van der Waals surface area contributed by atoms with Crippen molar-refractivity contribution in [2.75, 3.05) is 42.8 Å². The van der Waals surface area contributed by atoms with Crippen molar-refractivity contribution in [3.8, 4) is 0 Å². The molecule has 3 rings (SSSR count). The number of halogens is 1. The maximum absolute atomic E-state index is 11.3. The van der Waals surface area contributed by atoms with Crippen LogP contribution in [0.2, 0.25) is 0 Å². The molecule has 2 aromatic rings. The molecular formula is C17H24ClN5O2. The summed E-state index contributed by atoms with van der Waals surface area (Å²) in [4.78, 5) is 22.6. The van der Waals surface area contributed by atoms with Crippen LogP contribution in [-0.2, 0) is 0 Å². The summed E-state index contributed by atoms with van der Waals surface area (Å²) in [6.07, 6.45) is 5.56. The fraction of sp³-hybridized carbons (Fsp3) is 0.529. The molecule has 7 nitrogen and oxygen atoms in total. The third-order valence-electron chi connectivity index (χ3n) is 4.75. The van der Waals surface area contributed by atoms with Gasteiger partial charge in [-0.2, -0.15) is 0 Å². The first kappa shape index (κ1) is 17.7. The van der Waals surface area contributed by atoms with E-state index in [1.165, 1.54) is 4.90 Å². The Morgan fingerprint density at radius 2 is 2.44 bits per heavy atom. The fourth-order valence-electron chi connectivity index (χ4n) is 3.38. The molecule has 3 N–H and O–H groups in total. The van der Waals surface area contributed by atoms with Crippen molar-refractivity contribution in [1.82, 2.24) is 14.9 Å². The average Bonchev–Trinajstić information content (AvgIpc) is 3.09. The minimum Gasteiger partial charge on any atom is -0.465 e. The Hall–Kier alpha value is -2.15. The lowest BCUT2D eigenvalue weighted by Crippen LogP contribution is -2.48. The van der Waals surface area contributed by atoms with Gasteiger partial charge in [0.1, 0.15) is 5.65 Å². The molecular weight excluding hydrogens is 342 g/mol. The molecule has 3 heterocycles. The van der Waals surface area contributed by atoms with Crippen LogP contribution < -0.4 is 10.2 Å². The number of nitrogens with one attached hydrogen (secondary N) is 2. The third-order valence-corrected chi connectivity index (χ3v) is 5.01. The van der Waals surface area contributed by atoms with Gasteiger partial charge in [0.25, 0.3) is 0 Å². The number of likely N-dealkylation sites (N-methyl/N-ethyl adjacent to an activating group) is 1. The zero-order valence-corrected chi connectivity index (χ0v) is 15.1. The third kappa shape index (κ3) is 3.76. The number of carbonyl (C=O) groups is 1. The summed E-state index contributed by atoms with van der Waals surface area (Å²) in [5.41, 5.74) is 2.90. The number of amides is 1. The van der Waals surface area contributed by atoms with Crippen LogP contribution >= 0.6 is 11.6 Å². The van der Waals surface area contributed by atoms with Gasteiger partial charge in [0.2, 0.25) is 0 Å². The van der Waals surface area contributed by atoms with E-state index in [9.17, 15) is 9.90 Å². The van der Waals surface area contributed by atoms with E-state index in [2.05, 4.69) is 20.2 Å². The van der Waals surface area contributed by atoms with Gasteiger partial charge < -0.3 is 25.2 Å². The molecule has 0 aliphatic carbocycles. The number of hydrogen-bond acceptors (Lipinski definition) is 4. The molecule has 8 heteroatoms. The highest BCUT2D eigenvalue weighted by Gasteiger charge is 2.28. The zero-order chi connectivity index (χ0) is 17.8. The molecule has 1 amide bonds. The molecule has 0 saturated carbocycles. The first-order valence-electron chi connectivity index (χ1n) is 8.58. The minimum absolute atomic E-state index is 0.0101. The molecule has 1 saturated heterocycles. The molecule has 25 heavy (non-hydrogen) atoms. The van der Waals surface area contributed by atoms with Gasteiger partial charge in [0.05, 0.1) is 23.6 Å². The lowest BCUT2D eigenvalue weighted by molar-refractivity contribution is 0.133. The summed E-state index contributed by atoms with van der Waals surface area (Å²) < 4.78 is 0. The second-order valence-electron chi connectivity index (χ2n) is 6.37. The lowest BCUT2D eigenvalue weighted by Gasteiger charge is -2.38. The number of H-pyrrole nitrogens is 1. The first-order chi connectivity index (χ1) is 12.1. The monoisotopic (exact) mass is 365 g/mol. The molecule has 136 valence electrons. The number of aromatic nitrogens is 2. The molecule has 1 atom stereocenters. The maximum Gasteiger partial charge on any atom is 0.407 e. The van der Waals surface area contributed by atoms with Crippen molar-refractivity contribution < 1.29 is 9.90 Å². The van der Waals surface area contributed by atoms with Crippen LogP contribution in [0.3, 0.4) is 0 Å². The Labute approximate surface area is 152 Å². The number of pyridine rings is 1. The Kier molecular flexibility index (Phi) is 5.53. The van der Waals surface area contributed by atoms with Gasteiger partial charge in [-0.25, -0.2) is 9.78 Å². The Morgan fingerprint density at radius 3 is 3.20 bits per heavy atom. The summed E-state index contributed by atoms with van der Waals surface area (Å²) in [6.45, 7) is 2.36. The predicted molar refractivity (Wildman–Crippen MR) is 101 cm³/mol. The number of hydrogen-bond donors (Lipinski definition) is 3. The summed E-state index contributed by atoms with van der Waals surface area (Å²) >= 11 is 5.79. The molecule has 1 aliphatic heterocycles. The van der Waals surface area contributed by atoms with Crippen LogP contribution in [0.1, 0.15) is 19.3 Å². The van der Waals surface area contributed by atoms with Gasteiger partial charge in [-0.1, -0.05) is 0 Å². The normalized spacial score (nSPS) is 17.7. The van der Waals surface area contributed by atoms with Crippen LogP contribution in [0, 0.1) is 0 Å². The van der Waals surface area contributed by atoms with Gasteiger partial charge in [0, 0.05) is 44.1 Å². The molecule has 1 unspecified atom stereocenters. The van der Waals surface area contributed by atoms with Crippen LogP contribution in [0.25, 0.3) is 11.0 Å². The highest BCUT2D eigenvalue weighted by atomic mass is 35.5. The number of aromatic amines is 1. The standard InChI is InChI=1S/C17H24ClN5O2/c1-22(17(24)25)12-4-2-9-23(11-12)15-13-5-8-20-16(13)21-10-14(15)19-7-3-6-18/h5,8,10,12,19H,2-4,6-7,9,11H2,1H3,(H,20,21)(H,24,25). The number of anilines is 2. The molecule has 1 aliphatic rings. The Bertz CT molecular complexity index is 735. The van der Waals surface area contributed by atoms with Crippen LogP contribution in [0.15, 0.2) is 18.5 Å². The summed E-state index contributed by atoms with van der Waals surface area (Å²) in [7, 11) is 1.65. The average molecular weight is 366 g/mol. The van der Waals surface area contributed by atoms with Gasteiger partial charge >= 0.3 is 6.09 Å². The van der Waals surface area contributed by atoms with E-state index in [4.69, 9.17) is 11.6 Å². The molecule has 0 spiro atoms. The molecule has 0 bridgehead atoms. The molecule has 0 aromatic carbocycles. The smallest absolute Gasteiger partial charge is 0.407 e. The van der Waals surface area contributed by atoms with Gasteiger partial charge in [-0.15, -0.1) is 11.6 Å². The van der Waals surface area contributed by atoms with Crippen molar-refractivity contribution in [3.63, 3.8) is 0 Å². The van der Waals surface area contributed by atoms with E-state index in [0.717, 1.165) is 54.8 Å². The van der Waals surface area contributed by atoms with Gasteiger partial charge in [0.15, 0.2) is 0 Å². The SMILES string of the molecule is CN(C(=O)O)C1CCCN(c2c(NCCCCl)cnc3[nH]ccc23)C1. The van der Waals surface area contributed by atoms with E-state index in [1.807, 2.05) is 18.5 Å². The van der Waals surface area contributed by atoms with Crippen LogP contribution in [0.4, 0.5) is 16.2 Å². The quantitative estimate of drug-likeness (QED) is 0.540. The van der Waals surface area contributed by atoms with E-state index < -0.39 is 6.09 Å². The van der Waals surface area contributed by atoms with E-state index in [0.29, 0.717) is 12.4 Å². The number of carboxylic acid groups (broad SMARTS) is 1. The number of piperidine rings is 1. The number of fused-ring (bicyclic) bond motifs is 1. The van der Waals surface area contributed by atoms with E-state index in [-0.39, 0.29) is 6.04 Å². The number of rotatable bonds is 6. The van der Waals surface area contributed by atoms with Crippen molar-refractivity contribution in [2.45, 2.75) is 25.3 Å². The molecule has 0 radical (unpaired) electrons. The predicted octanol–water partition coefficient (Wildman–Crippen LogP) is 3.18. The lowest BCUT2D eigenvalue weighted by atomic mass is 10.0. The minimum atomic E-state index is -0.881. The van der Waals surface area contributed by atoms with Crippen molar-refractivity contribution in [2.24, 2.45) is 0 Å². The summed E-state index contributed by atoms with van der Waals surface area (Å²) in [5, 5.41) is 13.8. The highest BCUT2D eigenvalue weighted by Crippen LogP contribution is 2.35. The second-order valence-corrected chi connectivity index (χ2v) is 6.74.